The number of benzene rings is 2. The number of piperidine rings is 1. The first-order valence-electron chi connectivity index (χ1n) is 10.7. The Bertz CT molecular complexity index is 1150. The maximum Gasteiger partial charge on any atom is 0.264 e. The smallest absolute Gasteiger partial charge is 0.264 e. The highest BCUT2D eigenvalue weighted by molar-refractivity contribution is 7.92. The topological polar surface area (TPSA) is 99.2 Å². The van der Waals surface area contributed by atoms with Crippen molar-refractivity contribution in [2.45, 2.75) is 30.3 Å². The molecule has 1 aliphatic heterocycles. The molecule has 3 aromatic rings. The summed E-state index contributed by atoms with van der Waals surface area (Å²) in [5.74, 6) is 0.0277. The first-order valence-corrected chi connectivity index (χ1v) is 12.6. The molecule has 0 aliphatic carbocycles. The number of hydrogen-bond acceptors (Lipinski definition) is 6. The number of likely N-dealkylation sites (tertiary alicyclic amines) is 1. The first kappa shape index (κ1) is 23.1. The molecule has 0 bridgehead atoms. The van der Waals surface area contributed by atoms with E-state index < -0.39 is 10.0 Å². The summed E-state index contributed by atoms with van der Waals surface area (Å²) in [6.07, 6.45) is 4.97. The average Bonchev–Trinajstić information content (AvgIpc) is 2.82. The van der Waals surface area contributed by atoms with Gasteiger partial charge in [-0.05, 0) is 61.0 Å². The molecule has 1 aromatic heterocycles. The zero-order valence-electron chi connectivity index (χ0n) is 18.0. The van der Waals surface area contributed by atoms with E-state index in [0.29, 0.717) is 16.8 Å². The molecule has 0 atom stereocenters. The van der Waals surface area contributed by atoms with E-state index in [2.05, 4.69) is 54.5 Å². The zero-order chi connectivity index (χ0) is 23.1. The molecule has 0 amide bonds. The highest BCUT2D eigenvalue weighted by Crippen LogP contribution is 2.17. The van der Waals surface area contributed by atoms with Crippen molar-refractivity contribution in [1.29, 1.82) is 0 Å². The van der Waals surface area contributed by atoms with Crippen LogP contribution in [0, 0.1) is 0 Å². The Kier molecular flexibility index (Phi) is 7.48. The molecule has 33 heavy (non-hydrogen) atoms. The van der Waals surface area contributed by atoms with E-state index in [9.17, 15) is 8.42 Å². The minimum absolute atomic E-state index is 0.0277. The summed E-state index contributed by atoms with van der Waals surface area (Å²) in [5.41, 5.74) is 2.04. The highest BCUT2D eigenvalue weighted by atomic mass is 32.2. The van der Waals surface area contributed by atoms with E-state index in [1.165, 1.54) is 30.1 Å². The number of anilines is 2. The Morgan fingerprint density at radius 2 is 1.64 bits per heavy atom. The number of hydrogen-bond donors (Lipinski definition) is 3. The summed E-state index contributed by atoms with van der Waals surface area (Å²) in [6.45, 7) is 3.00. The first-order chi connectivity index (χ1) is 16.0. The van der Waals surface area contributed by atoms with Gasteiger partial charge in [0.15, 0.2) is 5.11 Å². The Hall–Kier alpha value is -3.08. The molecular weight excluding hydrogens is 456 g/mol. The van der Waals surface area contributed by atoms with Crippen molar-refractivity contribution in [3.8, 4) is 0 Å². The Balaban J connectivity index is 1.24. The molecule has 2 heterocycles. The third-order valence-corrected chi connectivity index (χ3v) is 6.95. The highest BCUT2D eigenvalue weighted by Gasteiger charge is 2.20. The lowest BCUT2D eigenvalue weighted by Crippen LogP contribution is -2.45. The van der Waals surface area contributed by atoms with Crippen LogP contribution in [0.2, 0.25) is 0 Å². The van der Waals surface area contributed by atoms with Crippen LogP contribution in [0.3, 0.4) is 0 Å². The van der Waals surface area contributed by atoms with E-state index in [0.717, 1.165) is 32.5 Å². The second kappa shape index (κ2) is 10.7. The lowest BCUT2D eigenvalue weighted by molar-refractivity contribution is 0.199. The fourth-order valence-corrected chi connectivity index (χ4v) is 4.92. The largest absolute Gasteiger partial charge is 0.360 e. The molecule has 1 saturated heterocycles. The summed E-state index contributed by atoms with van der Waals surface area (Å²) in [5, 5.41) is 7.04. The van der Waals surface area contributed by atoms with Crippen molar-refractivity contribution in [1.82, 2.24) is 20.2 Å². The summed E-state index contributed by atoms with van der Waals surface area (Å²) < 4.78 is 27.3. The molecule has 2 aromatic carbocycles. The van der Waals surface area contributed by atoms with E-state index in [-0.39, 0.29) is 10.8 Å². The van der Waals surface area contributed by atoms with Gasteiger partial charge >= 0.3 is 0 Å². The van der Waals surface area contributed by atoms with Crippen molar-refractivity contribution in [3.05, 3.63) is 78.6 Å². The van der Waals surface area contributed by atoms with Gasteiger partial charge in [-0.2, -0.15) is 0 Å². The minimum atomic E-state index is -3.77. The van der Waals surface area contributed by atoms with Crippen molar-refractivity contribution in [2.24, 2.45) is 0 Å². The van der Waals surface area contributed by atoms with Gasteiger partial charge in [0.1, 0.15) is 0 Å². The van der Waals surface area contributed by atoms with Gasteiger partial charge in [0.05, 0.1) is 4.90 Å². The number of aromatic nitrogens is 2. The fraction of sp³-hybridized carbons (Fsp3) is 0.261. The van der Waals surface area contributed by atoms with Crippen LogP contribution in [-0.2, 0) is 16.6 Å². The van der Waals surface area contributed by atoms with E-state index in [4.69, 9.17) is 12.2 Å². The van der Waals surface area contributed by atoms with Crippen molar-refractivity contribution >= 4 is 39.0 Å². The minimum Gasteiger partial charge on any atom is -0.360 e. The molecule has 8 nitrogen and oxygen atoms in total. The van der Waals surface area contributed by atoms with Crippen LogP contribution in [0.4, 0.5) is 11.6 Å². The van der Waals surface area contributed by atoms with Gasteiger partial charge in [-0.1, -0.05) is 30.3 Å². The normalized spacial score (nSPS) is 15.0. The van der Waals surface area contributed by atoms with Gasteiger partial charge in [-0.25, -0.2) is 23.1 Å². The number of rotatable bonds is 7. The second-order valence-corrected chi connectivity index (χ2v) is 9.93. The number of sulfonamides is 1. The van der Waals surface area contributed by atoms with Crippen molar-refractivity contribution in [2.75, 3.05) is 23.1 Å². The van der Waals surface area contributed by atoms with Crippen LogP contribution >= 0.6 is 12.2 Å². The molecule has 0 unspecified atom stereocenters. The standard InChI is InChI=1S/C23H26N6O2S2/c30-33(31,28-22-24-13-4-14-25-22)21-9-7-19(8-10-21)26-23(32)27-20-11-15-29(16-12-20)17-18-5-2-1-3-6-18/h1-10,13-14,20H,11-12,15-17H2,(H,24,25,28)(H2,26,27,32). The lowest BCUT2D eigenvalue weighted by Gasteiger charge is -2.33. The molecular formula is C23H26N6O2S2. The molecule has 10 heteroatoms. The molecule has 0 spiro atoms. The maximum atomic E-state index is 12.5. The van der Waals surface area contributed by atoms with Gasteiger partial charge < -0.3 is 10.6 Å². The van der Waals surface area contributed by atoms with Crippen molar-refractivity contribution < 1.29 is 8.42 Å². The van der Waals surface area contributed by atoms with Crippen LogP contribution in [-0.4, -0.2) is 47.5 Å². The maximum absolute atomic E-state index is 12.5. The molecule has 3 N–H and O–H groups in total. The van der Waals surface area contributed by atoms with E-state index in [1.807, 2.05) is 6.07 Å². The molecule has 4 rings (SSSR count). The van der Waals surface area contributed by atoms with Gasteiger partial charge in [0, 0.05) is 43.8 Å². The SMILES string of the molecule is O=S(=O)(Nc1ncccn1)c1ccc(NC(=S)NC2CCN(Cc3ccccc3)CC2)cc1. The number of thiocarbonyl (C=S) groups is 1. The Morgan fingerprint density at radius 3 is 2.30 bits per heavy atom. The van der Waals surface area contributed by atoms with Gasteiger partial charge in [0.25, 0.3) is 10.0 Å². The van der Waals surface area contributed by atoms with Crippen LogP contribution in [0.1, 0.15) is 18.4 Å². The summed E-state index contributed by atoms with van der Waals surface area (Å²) >= 11 is 5.46. The predicted octanol–water partition coefficient (Wildman–Crippen LogP) is 3.23. The third-order valence-electron chi connectivity index (χ3n) is 5.39. The van der Waals surface area contributed by atoms with Crippen LogP contribution < -0.4 is 15.4 Å². The van der Waals surface area contributed by atoms with Crippen LogP contribution in [0.25, 0.3) is 0 Å². The summed E-state index contributed by atoms with van der Waals surface area (Å²) in [4.78, 5) is 10.3. The van der Waals surface area contributed by atoms with E-state index in [1.54, 1.807) is 18.2 Å². The van der Waals surface area contributed by atoms with Crippen LogP contribution in [0.15, 0.2) is 78.0 Å². The lowest BCUT2D eigenvalue weighted by atomic mass is 10.0. The Labute approximate surface area is 199 Å². The molecule has 0 saturated carbocycles. The summed E-state index contributed by atoms with van der Waals surface area (Å²) in [7, 11) is -3.77. The predicted molar refractivity (Wildman–Crippen MR) is 133 cm³/mol. The fourth-order valence-electron chi connectivity index (χ4n) is 3.68. The quantitative estimate of drug-likeness (QED) is 0.442. The zero-order valence-corrected chi connectivity index (χ0v) is 19.6. The van der Waals surface area contributed by atoms with Crippen LogP contribution in [0.5, 0.6) is 0 Å². The van der Waals surface area contributed by atoms with Gasteiger partial charge in [-0.15, -0.1) is 0 Å². The molecule has 172 valence electrons. The van der Waals surface area contributed by atoms with Crippen molar-refractivity contribution in [3.63, 3.8) is 0 Å². The average molecular weight is 483 g/mol. The van der Waals surface area contributed by atoms with E-state index >= 15 is 0 Å². The molecule has 1 fully saturated rings. The number of nitrogens with one attached hydrogen (secondary N) is 3. The monoisotopic (exact) mass is 482 g/mol. The van der Waals surface area contributed by atoms with Gasteiger partial charge in [-0.3, -0.25) is 4.90 Å². The van der Waals surface area contributed by atoms with Gasteiger partial charge in [0.2, 0.25) is 5.95 Å². The molecule has 1 aliphatic rings. The summed E-state index contributed by atoms with van der Waals surface area (Å²) in [6, 6.07) is 18.8. The molecule has 0 radical (unpaired) electrons. The second-order valence-electron chi connectivity index (χ2n) is 7.84. The number of nitrogens with zero attached hydrogens (tertiary/aromatic N) is 3. The third kappa shape index (κ3) is 6.70. The Morgan fingerprint density at radius 1 is 0.970 bits per heavy atom.